The monoisotopic (exact) mass is 495 g/mol. The van der Waals surface area contributed by atoms with E-state index in [1.54, 1.807) is 47.6 Å². The Balaban J connectivity index is 1.51. The molecular weight excluding hydrogens is 470 g/mol. The number of carbonyl (C=O) groups excluding carboxylic acids is 1. The van der Waals surface area contributed by atoms with Gasteiger partial charge in [0.15, 0.2) is 5.13 Å². The Morgan fingerprint density at radius 3 is 2.65 bits per heavy atom. The van der Waals surface area contributed by atoms with E-state index in [0.29, 0.717) is 30.3 Å². The van der Waals surface area contributed by atoms with Crippen LogP contribution in [0.4, 0.5) is 5.13 Å². The number of furan rings is 1. The lowest BCUT2D eigenvalue weighted by molar-refractivity contribution is -0.121. The highest BCUT2D eigenvalue weighted by molar-refractivity contribution is 7.89. The van der Waals surface area contributed by atoms with Gasteiger partial charge in [-0.3, -0.25) is 9.69 Å². The Bertz CT molecular complexity index is 1430. The van der Waals surface area contributed by atoms with Gasteiger partial charge in [-0.05, 0) is 68.7 Å². The average molecular weight is 496 g/mol. The minimum Gasteiger partial charge on any atom is -0.467 e. The highest BCUT2D eigenvalue weighted by atomic mass is 32.2. The number of fused-ring (bicyclic) bond motifs is 1. The molecule has 0 bridgehead atoms. The van der Waals surface area contributed by atoms with Crippen LogP contribution in [0.1, 0.15) is 29.7 Å². The van der Waals surface area contributed by atoms with Crippen molar-refractivity contribution in [2.24, 2.45) is 0 Å². The van der Waals surface area contributed by atoms with Gasteiger partial charge in [-0.1, -0.05) is 35.1 Å². The molecule has 1 atom stereocenters. The molecule has 5 rings (SSSR count). The third kappa shape index (κ3) is 4.26. The molecule has 2 aromatic carbocycles. The fourth-order valence-electron chi connectivity index (χ4n) is 4.23. The van der Waals surface area contributed by atoms with E-state index in [1.165, 1.54) is 15.6 Å². The highest BCUT2D eigenvalue weighted by Crippen LogP contribution is 2.34. The maximum absolute atomic E-state index is 13.9. The first-order chi connectivity index (χ1) is 16.3. The van der Waals surface area contributed by atoms with Crippen molar-refractivity contribution in [2.75, 3.05) is 11.4 Å². The van der Waals surface area contributed by atoms with E-state index < -0.39 is 16.1 Å². The molecule has 0 aliphatic carbocycles. The van der Waals surface area contributed by atoms with E-state index in [2.05, 4.69) is 0 Å². The normalized spacial score (nSPS) is 16.8. The van der Waals surface area contributed by atoms with Gasteiger partial charge in [0.1, 0.15) is 11.8 Å². The highest BCUT2D eigenvalue weighted by Gasteiger charge is 2.42. The van der Waals surface area contributed by atoms with Gasteiger partial charge >= 0.3 is 0 Å². The van der Waals surface area contributed by atoms with Gasteiger partial charge in [0, 0.05) is 6.54 Å². The van der Waals surface area contributed by atoms with Crippen LogP contribution < -0.4 is 4.90 Å². The Hall–Kier alpha value is -3.01. The Morgan fingerprint density at radius 1 is 1.15 bits per heavy atom. The van der Waals surface area contributed by atoms with Crippen molar-refractivity contribution in [2.45, 2.75) is 44.2 Å². The van der Waals surface area contributed by atoms with Crippen LogP contribution in [-0.4, -0.2) is 36.2 Å². The zero-order valence-electron chi connectivity index (χ0n) is 19.0. The SMILES string of the molecule is Cc1ccc(S(=O)(=O)N2CCC[C@H]2C(=O)N(Cc2ccco2)c2nc3ccc(C)cc3s2)cc1. The van der Waals surface area contributed by atoms with Crippen LogP contribution in [0.2, 0.25) is 0 Å². The van der Waals surface area contributed by atoms with Crippen LogP contribution in [0, 0.1) is 13.8 Å². The standard InChI is InChI=1S/C25H25N3O4S2/c1-17-7-10-20(11-8-17)34(30,31)28-13-3-6-22(28)24(29)27(16-19-5-4-14-32-19)25-26-21-12-9-18(2)15-23(21)33-25/h4-5,7-12,14-15,22H,3,6,13,16H2,1-2H3/t22-/m0/s1. The van der Waals surface area contributed by atoms with E-state index in [4.69, 9.17) is 9.40 Å². The molecule has 0 N–H and O–H groups in total. The Labute approximate surface area is 202 Å². The van der Waals surface area contributed by atoms with Crippen molar-refractivity contribution >= 4 is 42.6 Å². The second kappa shape index (κ2) is 8.98. The van der Waals surface area contributed by atoms with Crippen LogP contribution in [0.5, 0.6) is 0 Å². The molecule has 0 radical (unpaired) electrons. The van der Waals surface area contributed by atoms with Crippen molar-refractivity contribution in [3.8, 4) is 0 Å². The van der Waals surface area contributed by atoms with Gasteiger partial charge in [0.2, 0.25) is 15.9 Å². The molecule has 2 aromatic heterocycles. The van der Waals surface area contributed by atoms with Gasteiger partial charge in [-0.2, -0.15) is 4.31 Å². The molecule has 0 spiro atoms. The second-order valence-electron chi connectivity index (χ2n) is 8.56. The number of sulfonamides is 1. The van der Waals surface area contributed by atoms with Gasteiger partial charge < -0.3 is 4.42 Å². The number of amides is 1. The van der Waals surface area contributed by atoms with Crippen molar-refractivity contribution < 1.29 is 17.6 Å². The molecule has 1 fully saturated rings. The molecule has 3 heterocycles. The summed E-state index contributed by atoms with van der Waals surface area (Å²) in [5.41, 5.74) is 2.89. The molecule has 1 aliphatic rings. The van der Waals surface area contributed by atoms with Gasteiger partial charge in [-0.15, -0.1) is 0 Å². The number of benzene rings is 2. The molecule has 0 saturated carbocycles. The molecule has 176 valence electrons. The van der Waals surface area contributed by atoms with E-state index >= 15 is 0 Å². The first kappa shape index (κ1) is 22.8. The lowest BCUT2D eigenvalue weighted by Gasteiger charge is -2.28. The molecule has 0 unspecified atom stereocenters. The summed E-state index contributed by atoms with van der Waals surface area (Å²) in [5.74, 6) is 0.315. The third-order valence-corrected chi connectivity index (χ3v) is 9.00. The lowest BCUT2D eigenvalue weighted by atomic mass is 10.2. The van der Waals surface area contributed by atoms with Crippen molar-refractivity contribution in [1.82, 2.24) is 9.29 Å². The molecule has 1 saturated heterocycles. The summed E-state index contributed by atoms with van der Waals surface area (Å²) in [6, 6.07) is 15.5. The van der Waals surface area contributed by atoms with Crippen LogP contribution in [0.15, 0.2) is 70.2 Å². The van der Waals surface area contributed by atoms with Crippen LogP contribution in [-0.2, 0) is 21.4 Å². The van der Waals surface area contributed by atoms with E-state index in [0.717, 1.165) is 21.3 Å². The fraction of sp³-hybridized carbons (Fsp3) is 0.280. The van der Waals surface area contributed by atoms with Gasteiger partial charge in [0.25, 0.3) is 0 Å². The minimum absolute atomic E-state index is 0.180. The largest absolute Gasteiger partial charge is 0.467 e. The molecule has 1 amide bonds. The molecule has 4 aromatic rings. The summed E-state index contributed by atoms with van der Waals surface area (Å²) in [6.45, 7) is 4.40. The van der Waals surface area contributed by atoms with Crippen molar-refractivity contribution in [1.29, 1.82) is 0 Å². The van der Waals surface area contributed by atoms with Crippen molar-refractivity contribution in [3.05, 3.63) is 77.7 Å². The van der Waals surface area contributed by atoms with Crippen molar-refractivity contribution in [3.63, 3.8) is 0 Å². The first-order valence-electron chi connectivity index (χ1n) is 11.1. The van der Waals surface area contributed by atoms with Crippen LogP contribution >= 0.6 is 11.3 Å². The molecule has 7 nitrogen and oxygen atoms in total. The van der Waals surface area contributed by atoms with E-state index in [9.17, 15) is 13.2 Å². The number of aryl methyl sites for hydroxylation is 2. The summed E-state index contributed by atoms with van der Waals surface area (Å²) in [4.78, 5) is 20.4. The van der Waals surface area contributed by atoms with Crippen LogP contribution in [0.3, 0.4) is 0 Å². The lowest BCUT2D eigenvalue weighted by Crippen LogP contribution is -2.47. The maximum atomic E-state index is 13.9. The number of nitrogens with zero attached hydrogens (tertiary/aromatic N) is 3. The summed E-state index contributed by atoms with van der Waals surface area (Å²) in [5, 5.41) is 0.529. The number of rotatable bonds is 6. The van der Waals surface area contributed by atoms with E-state index in [1.807, 2.05) is 32.0 Å². The minimum atomic E-state index is -3.81. The number of thiazole rings is 1. The third-order valence-electron chi connectivity index (χ3n) is 6.04. The number of carbonyl (C=O) groups is 1. The summed E-state index contributed by atoms with van der Waals surface area (Å²) >= 11 is 1.42. The quantitative estimate of drug-likeness (QED) is 0.380. The first-order valence-corrected chi connectivity index (χ1v) is 13.4. The smallest absolute Gasteiger partial charge is 0.247 e. The molecule has 34 heavy (non-hydrogen) atoms. The number of hydrogen-bond donors (Lipinski definition) is 0. The predicted octanol–water partition coefficient (Wildman–Crippen LogP) is 4.89. The second-order valence-corrected chi connectivity index (χ2v) is 11.5. The number of anilines is 1. The maximum Gasteiger partial charge on any atom is 0.247 e. The van der Waals surface area contributed by atoms with Crippen LogP contribution in [0.25, 0.3) is 10.2 Å². The summed E-state index contributed by atoms with van der Waals surface area (Å²) in [7, 11) is -3.81. The summed E-state index contributed by atoms with van der Waals surface area (Å²) in [6.07, 6.45) is 2.64. The number of aromatic nitrogens is 1. The zero-order valence-corrected chi connectivity index (χ0v) is 20.6. The molecule has 1 aliphatic heterocycles. The predicted molar refractivity (Wildman–Crippen MR) is 132 cm³/mol. The fourth-order valence-corrected chi connectivity index (χ4v) is 6.95. The number of hydrogen-bond acceptors (Lipinski definition) is 6. The molecule has 9 heteroatoms. The van der Waals surface area contributed by atoms with Gasteiger partial charge in [0.05, 0.1) is 27.9 Å². The average Bonchev–Trinajstić information content (AvgIpc) is 3.57. The molecular formula is C25H25N3O4S2. The Kier molecular flexibility index (Phi) is 6.01. The van der Waals surface area contributed by atoms with E-state index in [-0.39, 0.29) is 17.3 Å². The Morgan fingerprint density at radius 2 is 1.91 bits per heavy atom. The van der Waals surface area contributed by atoms with Gasteiger partial charge in [-0.25, -0.2) is 13.4 Å². The zero-order chi connectivity index (χ0) is 23.9. The topological polar surface area (TPSA) is 83.7 Å². The summed E-state index contributed by atoms with van der Waals surface area (Å²) < 4.78 is 34.7.